The predicted molar refractivity (Wildman–Crippen MR) is 60.6 cm³/mol. The van der Waals surface area contributed by atoms with E-state index in [0.29, 0.717) is 17.6 Å². The number of aliphatic hydroxyl groups is 1. The Labute approximate surface area is 92.1 Å². The molecule has 5 heteroatoms. The number of likely N-dealkylation sites (N-methyl/N-ethyl adjacent to an activating group) is 1. The maximum Gasteiger partial charge on any atom is 0.417 e. The van der Waals surface area contributed by atoms with E-state index in [1.807, 2.05) is 19.2 Å². The van der Waals surface area contributed by atoms with Crippen molar-refractivity contribution < 1.29 is 9.52 Å². The Hall–Kier alpha value is -1.59. The lowest BCUT2D eigenvalue weighted by atomic mass is 10.00. The SMILES string of the molecule is CNCC(CO)c1ccc2oc(=O)[nH]c2c1. The molecule has 0 aliphatic carbocycles. The summed E-state index contributed by atoms with van der Waals surface area (Å²) in [7, 11) is 1.83. The molecule has 86 valence electrons. The van der Waals surface area contributed by atoms with Crippen LogP contribution in [0.2, 0.25) is 0 Å². The first kappa shape index (κ1) is 10.9. The van der Waals surface area contributed by atoms with Gasteiger partial charge in [-0.3, -0.25) is 4.98 Å². The molecule has 0 aliphatic rings. The van der Waals surface area contributed by atoms with Gasteiger partial charge < -0.3 is 14.8 Å². The van der Waals surface area contributed by atoms with E-state index in [0.717, 1.165) is 5.56 Å². The monoisotopic (exact) mass is 222 g/mol. The molecular formula is C11H14N2O3. The van der Waals surface area contributed by atoms with Crippen LogP contribution in [-0.4, -0.2) is 30.3 Å². The highest BCUT2D eigenvalue weighted by Gasteiger charge is 2.11. The Morgan fingerprint density at radius 2 is 2.38 bits per heavy atom. The van der Waals surface area contributed by atoms with Crippen molar-refractivity contribution in [1.29, 1.82) is 0 Å². The van der Waals surface area contributed by atoms with Crippen LogP contribution in [-0.2, 0) is 0 Å². The van der Waals surface area contributed by atoms with Gasteiger partial charge >= 0.3 is 5.76 Å². The fraction of sp³-hybridized carbons (Fsp3) is 0.364. The molecule has 3 N–H and O–H groups in total. The molecule has 2 aromatic rings. The van der Waals surface area contributed by atoms with E-state index in [1.165, 1.54) is 0 Å². The topological polar surface area (TPSA) is 78.3 Å². The Balaban J connectivity index is 2.40. The average molecular weight is 222 g/mol. The largest absolute Gasteiger partial charge is 0.417 e. The fourth-order valence-electron chi connectivity index (χ4n) is 1.76. The quantitative estimate of drug-likeness (QED) is 0.700. The van der Waals surface area contributed by atoms with Gasteiger partial charge in [-0.25, -0.2) is 4.79 Å². The zero-order valence-corrected chi connectivity index (χ0v) is 8.99. The van der Waals surface area contributed by atoms with Gasteiger partial charge in [-0.15, -0.1) is 0 Å². The molecule has 0 saturated carbocycles. The maximum atomic E-state index is 11.0. The second-order valence-electron chi connectivity index (χ2n) is 3.71. The summed E-state index contributed by atoms with van der Waals surface area (Å²) in [4.78, 5) is 13.6. The minimum Gasteiger partial charge on any atom is -0.408 e. The minimum absolute atomic E-state index is 0.0211. The van der Waals surface area contributed by atoms with Gasteiger partial charge in [0.2, 0.25) is 0 Å². The summed E-state index contributed by atoms with van der Waals surface area (Å²) in [6.45, 7) is 0.749. The molecule has 1 atom stereocenters. The lowest BCUT2D eigenvalue weighted by Gasteiger charge is -2.13. The van der Waals surface area contributed by atoms with E-state index in [-0.39, 0.29) is 12.5 Å². The smallest absolute Gasteiger partial charge is 0.408 e. The van der Waals surface area contributed by atoms with Crippen molar-refractivity contribution in [2.45, 2.75) is 5.92 Å². The Kier molecular flexibility index (Phi) is 3.07. The highest BCUT2D eigenvalue weighted by molar-refractivity contribution is 5.72. The van der Waals surface area contributed by atoms with Crippen LogP contribution in [0, 0.1) is 0 Å². The minimum atomic E-state index is -0.457. The Morgan fingerprint density at radius 1 is 1.56 bits per heavy atom. The maximum absolute atomic E-state index is 11.0. The third-order valence-electron chi connectivity index (χ3n) is 2.59. The van der Waals surface area contributed by atoms with Crippen LogP contribution in [0.1, 0.15) is 11.5 Å². The van der Waals surface area contributed by atoms with Crippen LogP contribution in [0.15, 0.2) is 27.4 Å². The molecule has 0 saturated heterocycles. The first-order valence-corrected chi connectivity index (χ1v) is 5.13. The summed E-state index contributed by atoms with van der Waals surface area (Å²) in [6.07, 6.45) is 0. The molecule has 0 fully saturated rings. The van der Waals surface area contributed by atoms with Gasteiger partial charge in [0.15, 0.2) is 5.58 Å². The zero-order chi connectivity index (χ0) is 11.5. The number of rotatable bonds is 4. The Morgan fingerprint density at radius 3 is 3.06 bits per heavy atom. The van der Waals surface area contributed by atoms with E-state index < -0.39 is 5.76 Å². The van der Waals surface area contributed by atoms with Crippen LogP contribution >= 0.6 is 0 Å². The summed E-state index contributed by atoms with van der Waals surface area (Å²) < 4.78 is 4.91. The number of oxazole rings is 1. The van der Waals surface area contributed by atoms with Gasteiger partial charge in [-0.1, -0.05) is 6.07 Å². The summed E-state index contributed by atoms with van der Waals surface area (Å²) in [5.74, 6) is -0.436. The van der Waals surface area contributed by atoms with E-state index in [9.17, 15) is 9.90 Å². The number of aromatic amines is 1. The standard InChI is InChI=1S/C11H14N2O3/c1-12-5-8(6-14)7-2-3-10-9(4-7)13-11(15)16-10/h2-4,8,12,14H,5-6H2,1H3,(H,13,15). The van der Waals surface area contributed by atoms with E-state index in [1.54, 1.807) is 6.07 Å². The first-order valence-electron chi connectivity index (χ1n) is 5.13. The van der Waals surface area contributed by atoms with Crippen LogP contribution in [0.5, 0.6) is 0 Å². The molecule has 5 nitrogen and oxygen atoms in total. The van der Waals surface area contributed by atoms with Crippen molar-refractivity contribution >= 4 is 11.1 Å². The molecule has 0 spiro atoms. The Bertz CT molecular complexity index is 529. The fourth-order valence-corrected chi connectivity index (χ4v) is 1.76. The van der Waals surface area contributed by atoms with E-state index in [4.69, 9.17) is 4.42 Å². The second kappa shape index (κ2) is 4.51. The molecule has 1 heterocycles. The molecular weight excluding hydrogens is 208 g/mol. The van der Waals surface area contributed by atoms with Crippen molar-refractivity contribution in [3.63, 3.8) is 0 Å². The van der Waals surface area contributed by atoms with Gasteiger partial charge in [-0.2, -0.15) is 0 Å². The predicted octanol–water partition coefficient (Wildman–Crippen LogP) is 0.416. The van der Waals surface area contributed by atoms with Crippen molar-refractivity contribution in [2.24, 2.45) is 0 Å². The van der Waals surface area contributed by atoms with Crippen LogP contribution in [0.3, 0.4) is 0 Å². The third-order valence-corrected chi connectivity index (χ3v) is 2.59. The van der Waals surface area contributed by atoms with Gasteiger partial charge in [-0.05, 0) is 24.7 Å². The highest BCUT2D eigenvalue weighted by Crippen LogP contribution is 2.19. The van der Waals surface area contributed by atoms with E-state index in [2.05, 4.69) is 10.3 Å². The normalized spacial score (nSPS) is 13.1. The summed E-state index contributed by atoms with van der Waals surface area (Å²) in [6, 6.07) is 5.43. The van der Waals surface area contributed by atoms with Crippen molar-refractivity contribution in [3.8, 4) is 0 Å². The highest BCUT2D eigenvalue weighted by atomic mass is 16.4. The number of nitrogens with one attached hydrogen (secondary N) is 2. The van der Waals surface area contributed by atoms with Crippen LogP contribution in [0.25, 0.3) is 11.1 Å². The molecule has 0 aliphatic heterocycles. The van der Waals surface area contributed by atoms with Crippen molar-refractivity contribution in [3.05, 3.63) is 34.3 Å². The zero-order valence-electron chi connectivity index (χ0n) is 8.99. The number of aliphatic hydroxyl groups excluding tert-OH is 1. The number of hydrogen-bond donors (Lipinski definition) is 3. The molecule has 16 heavy (non-hydrogen) atoms. The lowest BCUT2D eigenvalue weighted by Crippen LogP contribution is -2.19. The van der Waals surface area contributed by atoms with Gasteiger partial charge in [0.05, 0.1) is 12.1 Å². The lowest BCUT2D eigenvalue weighted by molar-refractivity contribution is 0.263. The van der Waals surface area contributed by atoms with Gasteiger partial charge in [0.1, 0.15) is 0 Å². The second-order valence-corrected chi connectivity index (χ2v) is 3.71. The molecule has 1 unspecified atom stereocenters. The van der Waals surface area contributed by atoms with E-state index >= 15 is 0 Å². The van der Waals surface area contributed by atoms with Crippen LogP contribution < -0.4 is 11.1 Å². The molecule has 0 amide bonds. The van der Waals surface area contributed by atoms with Gasteiger partial charge in [0.25, 0.3) is 0 Å². The molecule has 1 aromatic heterocycles. The molecule has 0 bridgehead atoms. The number of aromatic nitrogens is 1. The number of fused-ring (bicyclic) bond motifs is 1. The third kappa shape index (κ3) is 2.00. The summed E-state index contributed by atoms with van der Waals surface area (Å²) in [5, 5.41) is 12.3. The van der Waals surface area contributed by atoms with Crippen molar-refractivity contribution in [2.75, 3.05) is 20.2 Å². The number of H-pyrrole nitrogens is 1. The summed E-state index contributed by atoms with van der Waals surface area (Å²) in [5.41, 5.74) is 2.17. The molecule has 0 radical (unpaired) electrons. The number of hydrogen-bond acceptors (Lipinski definition) is 4. The first-order chi connectivity index (χ1) is 7.74. The molecule has 2 rings (SSSR count). The summed E-state index contributed by atoms with van der Waals surface area (Å²) >= 11 is 0. The average Bonchev–Trinajstić information content (AvgIpc) is 2.64. The van der Waals surface area contributed by atoms with Gasteiger partial charge in [0, 0.05) is 12.5 Å². The number of benzene rings is 1. The molecule has 1 aromatic carbocycles. The van der Waals surface area contributed by atoms with Crippen molar-refractivity contribution in [1.82, 2.24) is 10.3 Å². The van der Waals surface area contributed by atoms with Crippen LogP contribution in [0.4, 0.5) is 0 Å².